The molecule has 0 fully saturated rings. The molecular weight excluding hydrogens is 318 g/mol. The average molecular weight is 345 g/mol. The van der Waals surface area contributed by atoms with Crippen molar-refractivity contribution in [3.05, 3.63) is 77.4 Å². The van der Waals surface area contributed by atoms with Crippen LogP contribution in [0.2, 0.25) is 0 Å². The normalized spacial score (nSPS) is 14.8. The van der Waals surface area contributed by atoms with Gasteiger partial charge in [0.2, 0.25) is 0 Å². The van der Waals surface area contributed by atoms with Gasteiger partial charge < -0.3 is 9.80 Å². The maximum Gasteiger partial charge on any atom is 0.198 e. The van der Waals surface area contributed by atoms with E-state index in [0.29, 0.717) is 5.96 Å². The summed E-state index contributed by atoms with van der Waals surface area (Å²) < 4.78 is 0. The minimum Gasteiger partial charge on any atom is -0.349 e. The lowest BCUT2D eigenvalue weighted by Gasteiger charge is -2.29. The van der Waals surface area contributed by atoms with Crippen LogP contribution < -0.4 is 4.90 Å². The number of guanidine groups is 1. The van der Waals surface area contributed by atoms with Crippen LogP contribution in [0.4, 0.5) is 5.69 Å². The largest absolute Gasteiger partial charge is 0.349 e. The van der Waals surface area contributed by atoms with Crippen LogP contribution in [-0.4, -0.2) is 25.0 Å². The van der Waals surface area contributed by atoms with Crippen molar-refractivity contribution in [3.8, 4) is 0 Å². The first-order chi connectivity index (χ1) is 12.4. The van der Waals surface area contributed by atoms with Gasteiger partial charge in [-0.25, -0.2) is 0 Å². The first kappa shape index (κ1) is 18.0. The van der Waals surface area contributed by atoms with Crippen LogP contribution >= 0.6 is 0 Å². The topological polar surface area (TPSA) is 30.3 Å². The van der Waals surface area contributed by atoms with Crippen molar-refractivity contribution in [2.24, 2.45) is 0 Å². The van der Waals surface area contributed by atoms with Crippen molar-refractivity contribution in [3.63, 3.8) is 0 Å². The quantitative estimate of drug-likeness (QED) is 0.429. The van der Waals surface area contributed by atoms with Crippen molar-refractivity contribution in [2.45, 2.75) is 26.8 Å². The van der Waals surface area contributed by atoms with E-state index in [2.05, 4.69) is 68.1 Å². The molecule has 0 saturated carbocycles. The fourth-order valence-corrected chi connectivity index (χ4v) is 3.52. The smallest absolute Gasteiger partial charge is 0.198 e. The number of anilines is 1. The summed E-state index contributed by atoms with van der Waals surface area (Å²) in [7, 11) is 3.84. The predicted octanol–water partition coefficient (Wildman–Crippen LogP) is 5.52. The lowest BCUT2D eigenvalue weighted by molar-refractivity contribution is 0.585. The Morgan fingerprint density at radius 1 is 0.923 bits per heavy atom. The van der Waals surface area contributed by atoms with Crippen LogP contribution in [-0.2, 0) is 0 Å². The van der Waals surface area contributed by atoms with Gasteiger partial charge in [-0.05, 0) is 37.8 Å². The van der Waals surface area contributed by atoms with Gasteiger partial charge >= 0.3 is 0 Å². The third-order valence-electron chi connectivity index (χ3n) is 4.82. The Morgan fingerprint density at radius 3 is 2.19 bits per heavy atom. The molecule has 3 aromatic carbocycles. The van der Waals surface area contributed by atoms with E-state index in [-0.39, 0.29) is 6.04 Å². The zero-order chi connectivity index (χ0) is 18.8. The molecule has 1 heterocycles. The van der Waals surface area contributed by atoms with E-state index in [1.54, 1.807) is 0 Å². The van der Waals surface area contributed by atoms with Gasteiger partial charge in [-0.2, -0.15) is 0 Å². The van der Waals surface area contributed by atoms with Crippen molar-refractivity contribution < 1.29 is 0 Å². The number of nitrogens with zero attached hydrogens (tertiary/aromatic N) is 2. The molecule has 0 spiro atoms. The van der Waals surface area contributed by atoms with Gasteiger partial charge in [0.1, 0.15) is 0 Å². The van der Waals surface area contributed by atoms with Crippen LogP contribution in [0.5, 0.6) is 0 Å². The van der Waals surface area contributed by atoms with Crippen LogP contribution in [0.25, 0.3) is 10.8 Å². The number of aryl methyl sites for hydroxylation is 2. The van der Waals surface area contributed by atoms with Crippen molar-refractivity contribution in [1.29, 1.82) is 5.41 Å². The summed E-state index contributed by atoms with van der Waals surface area (Å²) >= 11 is 0. The highest BCUT2D eigenvalue weighted by atomic mass is 15.4. The fourth-order valence-electron chi connectivity index (χ4n) is 3.52. The predicted molar refractivity (Wildman–Crippen MR) is 112 cm³/mol. The minimum atomic E-state index is 0.217. The molecule has 0 bridgehead atoms. The molecule has 1 aliphatic rings. The summed E-state index contributed by atoms with van der Waals surface area (Å²) in [5.74, 6) is 0.536. The number of hydrogen-bond acceptors (Lipinski definition) is 1. The molecule has 3 heteroatoms. The number of nitrogens with one attached hydrogen (secondary N) is 1. The highest BCUT2D eigenvalue weighted by molar-refractivity contribution is 6.09. The van der Waals surface area contributed by atoms with Gasteiger partial charge in [-0.3, -0.25) is 5.41 Å². The summed E-state index contributed by atoms with van der Waals surface area (Å²) in [5.41, 5.74) is 5.09. The van der Waals surface area contributed by atoms with E-state index in [1.165, 1.54) is 27.5 Å². The second-order valence-electron chi connectivity index (χ2n) is 7.15. The zero-order valence-corrected chi connectivity index (χ0v) is 16.2. The molecule has 0 amide bonds. The summed E-state index contributed by atoms with van der Waals surface area (Å²) in [6, 6.07) is 21.3. The Bertz CT molecular complexity index is 929. The Hall–Kier alpha value is -2.81. The van der Waals surface area contributed by atoms with Crippen molar-refractivity contribution >= 4 is 22.4 Å². The molecule has 0 radical (unpaired) electrons. The minimum absolute atomic E-state index is 0.217. The molecule has 0 saturated heterocycles. The molecule has 1 aliphatic heterocycles. The molecule has 134 valence electrons. The maximum absolute atomic E-state index is 8.32. The number of benzene rings is 3. The van der Waals surface area contributed by atoms with Gasteiger partial charge in [0.15, 0.2) is 5.96 Å². The van der Waals surface area contributed by atoms with Gasteiger partial charge in [0.05, 0.1) is 11.7 Å². The van der Waals surface area contributed by atoms with Crippen LogP contribution in [0.3, 0.4) is 0 Å². The SMILES string of the molecule is Cc1cc2c3c(cccc3c1)N(C(=N)N(C)C)C2C.Cc1ccccc1. The Balaban J connectivity index is 0.000000236. The Morgan fingerprint density at radius 2 is 1.62 bits per heavy atom. The lowest BCUT2D eigenvalue weighted by Crippen LogP contribution is -2.39. The molecule has 1 unspecified atom stereocenters. The van der Waals surface area contributed by atoms with Crippen molar-refractivity contribution in [2.75, 3.05) is 19.0 Å². The van der Waals surface area contributed by atoms with E-state index in [1.807, 2.05) is 37.2 Å². The zero-order valence-electron chi connectivity index (χ0n) is 16.2. The maximum atomic E-state index is 8.32. The van der Waals surface area contributed by atoms with E-state index in [0.717, 1.165) is 5.69 Å². The molecule has 26 heavy (non-hydrogen) atoms. The first-order valence-corrected chi connectivity index (χ1v) is 9.00. The monoisotopic (exact) mass is 345 g/mol. The van der Waals surface area contributed by atoms with Crippen LogP contribution in [0, 0.1) is 19.3 Å². The molecule has 3 aromatic rings. The van der Waals surface area contributed by atoms with Crippen LogP contribution in [0.1, 0.15) is 29.7 Å². The molecule has 1 atom stereocenters. The standard InChI is InChI=1S/C16H19N3.C7H8/c1-10-8-12-6-5-7-14-15(12)13(9-10)11(2)19(14)16(17)18(3)4;1-7-5-3-2-4-6-7/h5-9,11,17H,1-4H3;2-6H,1H3. The third kappa shape index (κ3) is 3.30. The van der Waals surface area contributed by atoms with E-state index < -0.39 is 0 Å². The van der Waals surface area contributed by atoms with E-state index >= 15 is 0 Å². The molecule has 3 nitrogen and oxygen atoms in total. The van der Waals surface area contributed by atoms with Crippen molar-refractivity contribution in [1.82, 2.24) is 4.90 Å². The van der Waals surface area contributed by atoms with Gasteiger partial charge in [-0.15, -0.1) is 0 Å². The first-order valence-electron chi connectivity index (χ1n) is 9.00. The highest BCUT2D eigenvalue weighted by Gasteiger charge is 2.31. The fraction of sp³-hybridized carbons (Fsp3) is 0.261. The third-order valence-corrected chi connectivity index (χ3v) is 4.82. The Labute approximate surface area is 156 Å². The van der Waals surface area contributed by atoms with E-state index in [4.69, 9.17) is 5.41 Å². The second-order valence-corrected chi connectivity index (χ2v) is 7.15. The lowest BCUT2D eigenvalue weighted by atomic mass is 10.00. The average Bonchev–Trinajstić information content (AvgIpc) is 2.89. The molecule has 4 rings (SSSR count). The number of hydrogen-bond donors (Lipinski definition) is 1. The molecule has 0 aliphatic carbocycles. The summed E-state index contributed by atoms with van der Waals surface area (Å²) in [5, 5.41) is 10.9. The second kappa shape index (κ2) is 7.20. The van der Waals surface area contributed by atoms with E-state index in [9.17, 15) is 0 Å². The summed E-state index contributed by atoms with van der Waals surface area (Å²) in [6.45, 7) is 6.39. The summed E-state index contributed by atoms with van der Waals surface area (Å²) in [6.07, 6.45) is 0. The Kier molecular flexibility index (Phi) is 4.99. The highest BCUT2D eigenvalue weighted by Crippen LogP contribution is 2.44. The van der Waals surface area contributed by atoms with Crippen LogP contribution in [0.15, 0.2) is 60.7 Å². The summed E-state index contributed by atoms with van der Waals surface area (Å²) in [4.78, 5) is 3.96. The van der Waals surface area contributed by atoms with Gasteiger partial charge in [-0.1, -0.05) is 65.7 Å². The molecular formula is C23H27N3. The van der Waals surface area contributed by atoms with Gasteiger partial charge in [0.25, 0.3) is 0 Å². The van der Waals surface area contributed by atoms with Gasteiger partial charge in [0, 0.05) is 19.5 Å². The number of rotatable bonds is 0. The molecule has 1 N–H and O–H groups in total. The molecule has 0 aromatic heterocycles.